The second-order valence-electron chi connectivity index (χ2n) is 5.30. The molecule has 0 unspecified atom stereocenters. The van der Waals surface area contributed by atoms with Crippen LogP contribution in [0.5, 0.6) is 5.75 Å². The molecule has 2 rings (SSSR count). The number of nitriles is 1. The molecule has 1 amide bonds. The minimum Gasteiger partial charge on any atom is -0.494 e. The Kier molecular flexibility index (Phi) is 6.44. The lowest BCUT2D eigenvalue weighted by atomic mass is 10.2. The second kappa shape index (κ2) is 8.76. The zero-order valence-corrected chi connectivity index (χ0v) is 14.3. The summed E-state index contributed by atoms with van der Waals surface area (Å²) in [6.45, 7) is 2.35. The molecule has 0 aliphatic heterocycles. The molecule has 0 aliphatic carbocycles. The fraction of sp³-hybridized carbons (Fsp3) is 0.158. The SMILES string of the molecule is CCOc1ccc(NC(=O)/C(C#N)=C\Nc2cccc(C(F)(F)F)c2)cc1. The van der Waals surface area contributed by atoms with Gasteiger partial charge in [-0.05, 0) is 49.4 Å². The lowest BCUT2D eigenvalue weighted by molar-refractivity contribution is -0.137. The number of ether oxygens (including phenoxy) is 1. The molecule has 0 fully saturated rings. The van der Waals surface area contributed by atoms with Gasteiger partial charge in [0.05, 0.1) is 12.2 Å². The van der Waals surface area contributed by atoms with E-state index in [4.69, 9.17) is 10.00 Å². The Morgan fingerprint density at radius 1 is 1.19 bits per heavy atom. The lowest BCUT2D eigenvalue weighted by Crippen LogP contribution is -2.14. The van der Waals surface area contributed by atoms with Crippen LogP contribution in [-0.4, -0.2) is 12.5 Å². The molecule has 5 nitrogen and oxygen atoms in total. The van der Waals surface area contributed by atoms with E-state index in [1.807, 2.05) is 6.92 Å². The molecule has 0 atom stereocenters. The summed E-state index contributed by atoms with van der Waals surface area (Å²) in [5, 5.41) is 14.2. The summed E-state index contributed by atoms with van der Waals surface area (Å²) < 4.78 is 43.4. The molecule has 0 radical (unpaired) electrons. The van der Waals surface area contributed by atoms with Crippen molar-refractivity contribution in [3.8, 4) is 11.8 Å². The van der Waals surface area contributed by atoms with Crippen molar-refractivity contribution < 1.29 is 22.7 Å². The van der Waals surface area contributed by atoms with E-state index in [0.29, 0.717) is 18.0 Å². The molecule has 2 aromatic rings. The van der Waals surface area contributed by atoms with Crippen molar-refractivity contribution in [3.05, 3.63) is 65.9 Å². The van der Waals surface area contributed by atoms with Crippen molar-refractivity contribution in [1.82, 2.24) is 0 Å². The van der Waals surface area contributed by atoms with Crippen LogP contribution in [0.1, 0.15) is 12.5 Å². The van der Waals surface area contributed by atoms with Gasteiger partial charge in [0.2, 0.25) is 0 Å². The van der Waals surface area contributed by atoms with E-state index in [2.05, 4.69) is 10.6 Å². The third-order valence-corrected chi connectivity index (χ3v) is 3.36. The van der Waals surface area contributed by atoms with E-state index in [-0.39, 0.29) is 11.3 Å². The monoisotopic (exact) mass is 375 g/mol. The zero-order valence-electron chi connectivity index (χ0n) is 14.3. The van der Waals surface area contributed by atoms with E-state index >= 15 is 0 Å². The highest BCUT2D eigenvalue weighted by molar-refractivity contribution is 6.06. The quantitative estimate of drug-likeness (QED) is 0.573. The molecule has 0 aliphatic rings. The number of nitrogens with zero attached hydrogens (tertiary/aromatic N) is 1. The van der Waals surface area contributed by atoms with Crippen LogP contribution in [0.4, 0.5) is 24.5 Å². The Labute approximate surface area is 154 Å². The molecule has 27 heavy (non-hydrogen) atoms. The number of rotatable bonds is 6. The summed E-state index contributed by atoms with van der Waals surface area (Å²) in [5.41, 5.74) is -0.574. The van der Waals surface area contributed by atoms with E-state index in [9.17, 15) is 18.0 Å². The number of alkyl halides is 3. The van der Waals surface area contributed by atoms with Crippen molar-refractivity contribution in [2.75, 3.05) is 17.2 Å². The van der Waals surface area contributed by atoms with Crippen molar-refractivity contribution in [2.45, 2.75) is 13.1 Å². The van der Waals surface area contributed by atoms with E-state index in [0.717, 1.165) is 18.3 Å². The molecular formula is C19H16F3N3O2. The molecule has 0 heterocycles. The average Bonchev–Trinajstić information content (AvgIpc) is 2.63. The molecule has 2 N–H and O–H groups in total. The van der Waals surface area contributed by atoms with Crippen molar-refractivity contribution in [1.29, 1.82) is 5.26 Å². The first-order valence-electron chi connectivity index (χ1n) is 7.91. The van der Waals surface area contributed by atoms with Gasteiger partial charge in [-0.3, -0.25) is 4.79 Å². The molecule has 140 valence electrons. The summed E-state index contributed by atoms with van der Waals surface area (Å²) in [6, 6.07) is 12.7. The maximum atomic E-state index is 12.7. The molecular weight excluding hydrogens is 359 g/mol. The summed E-state index contributed by atoms with van der Waals surface area (Å²) in [7, 11) is 0. The highest BCUT2D eigenvalue weighted by Gasteiger charge is 2.30. The smallest absolute Gasteiger partial charge is 0.416 e. The van der Waals surface area contributed by atoms with Crippen LogP contribution < -0.4 is 15.4 Å². The van der Waals surface area contributed by atoms with E-state index in [1.54, 1.807) is 30.3 Å². The Morgan fingerprint density at radius 3 is 2.48 bits per heavy atom. The normalized spacial score (nSPS) is 11.4. The summed E-state index contributed by atoms with van der Waals surface area (Å²) >= 11 is 0. The minimum absolute atomic E-state index is 0.103. The highest BCUT2D eigenvalue weighted by Crippen LogP contribution is 2.30. The number of carbonyl (C=O) groups excluding carboxylic acids is 1. The van der Waals surface area contributed by atoms with E-state index in [1.165, 1.54) is 12.1 Å². The van der Waals surface area contributed by atoms with Crippen LogP contribution >= 0.6 is 0 Å². The fourth-order valence-corrected chi connectivity index (χ4v) is 2.09. The van der Waals surface area contributed by atoms with Crippen LogP contribution in [0.25, 0.3) is 0 Å². The minimum atomic E-state index is -4.48. The molecule has 8 heteroatoms. The lowest BCUT2D eigenvalue weighted by Gasteiger charge is -2.09. The summed E-state index contributed by atoms with van der Waals surface area (Å²) in [6.07, 6.45) is -3.43. The van der Waals surface area contributed by atoms with Gasteiger partial charge in [0.15, 0.2) is 0 Å². The number of amides is 1. The first kappa shape index (κ1) is 19.8. The predicted octanol–water partition coefficient (Wildman–Crippen LogP) is 4.56. The fourth-order valence-electron chi connectivity index (χ4n) is 2.09. The van der Waals surface area contributed by atoms with Crippen LogP contribution in [0.3, 0.4) is 0 Å². The highest BCUT2D eigenvalue weighted by atomic mass is 19.4. The van der Waals surface area contributed by atoms with Crippen LogP contribution in [0.15, 0.2) is 60.3 Å². The van der Waals surface area contributed by atoms with E-state index < -0.39 is 17.6 Å². The number of benzene rings is 2. The number of carbonyl (C=O) groups is 1. The van der Waals surface area contributed by atoms with Crippen molar-refractivity contribution in [3.63, 3.8) is 0 Å². The van der Waals surface area contributed by atoms with Crippen LogP contribution in [0, 0.1) is 11.3 Å². The van der Waals surface area contributed by atoms with Gasteiger partial charge in [-0.1, -0.05) is 6.07 Å². The van der Waals surface area contributed by atoms with Crippen LogP contribution in [0.2, 0.25) is 0 Å². The Balaban J connectivity index is 2.07. The maximum Gasteiger partial charge on any atom is 0.416 e. The third kappa shape index (κ3) is 5.78. The Morgan fingerprint density at radius 2 is 1.89 bits per heavy atom. The zero-order chi connectivity index (χ0) is 19.9. The number of hydrogen-bond acceptors (Lipinski definition) is 4. The largest absolute Gasteiger partial charge is 0.494 e. The van der Waals surface area contributed by atoms with Gasteiger partial charge in [0.25, 0.3) is 5.91 Å². The average molecular weight is 375 g/mol. The number of anilines is 2. The van der Waals surface area contributed by atoms with Gasteiger partial charge in [-0.2, -0.15) is 18.4 Å². The predicted molar refractivity (Wildman–Crippen MR) is 95.0 cm³/mol. The third-order valence-electron chi connectivity index (χ3n) is 3.36. The number of halogens is 3. The second-order valence-corrected chi connectivity index (χ2v) is 5.30. The van der Waals surface area contributed by atoms with Gasteiger partial charge < -0.3 is 15.4 Å². The van der Waals surface area contributed by atoms with Crippen molar-refractivity contribution in [2.24, 2.45) is 0 Å². The van der Waals surface area contributed by atoms with Gasteiger partial charge in [-0.15, -0.1) is 0 Å². The Hall–Kier alpha value is -3.47. The number of hydrogen-bond donors (Lipinski definition) is 2. The number of nitrogens with one attached hydrogen (secondary N) is 2. The molecule has 0 spiro atoms. The van der Waals surface area contributed by atoms with Gasteiger partial charge in [0.1, 0.15) is 17.4 Å². The van der Waals surface area contributed by atoms with Crippen LogP contribution in [-0.2, 0) is 11.0 Å². The topological polar surface area (TPSA) is 74.1 Å². The first-order chi connectivity index (χ1) is 12.8. The summed E-state index contributed by atoms with van der Waals surface area (Å²) in [4.78, 5) is 12.1. The summed E-state index contributed by atoms with van der Waals surface area (Å²) in [5.74, 6) is -0.0566. The molecule has 0 aromatic heterocycles. The molecule has 0 saturated heterocycles. The first-order valence-corrected chi connectivity index (χ1v) is 7.91. The Bertz CT molecular complexity index is 869. The molecule has 2 aromatic carbocycles. The standard InChI is InChI=1S/C19H16F3N3O2/c1-2-27-17-8-6-15(7-9-17)25-18(26)13(11-23)12-24-16-5-3-4-14(10-16)19(20,21)22/h3-10,12,24H,2H2,1H3,(H,25,26)/b13-12-. The maximum absolute atomic E-state index is 12.7. The molecule has 0 bridgehead atoms. The van der Waals surface area contributed by atoms with Gasteiger partial charge in [-0.25, -0.2) is 0 Å². The van der Waals surface area contributed by atoms with Gasteiger partial charge >= 0.3 is 6.18 Å². The van der Waals surface area contributed by atoms with Gasteiger partial charge in [0, 0.05) is 17.6 Å². The molecule has 0 saturated carbocycles. The van der Waals surface area contributed by atoms with Crippen molar-refractivity contribution >= 4 is 17.3 Å².